The molecular weight excluding hydrogens is 643 g/mol. The predicted molar refractivity (Wildman–Crippen MR) is 227 cm³/mol. The number of hydrogen-bond acceptors (Lipinski definition) is 4. The second-order valence-electron chi connectivity index (χ2n) is 16.4. The van der Waals surface area contributed by atoms with Crippen molar-refractivity contribution < 1.29 is 20.1 Å². The maximum absolute atomic E-state index is 12.5. The van der Waals surface area contributed by atoms with Gasteiger partial charge in [-0.1, -0.05) is 225 Å². The first-order valence-corrected chi connectivity index (χ1v) is 23.5. The molecule has 0 aliphatic rings. The molecule has 0 aromatic heterocycles. The Labute approximate surface area is 325 Å². The first-order valence-electron chi connectivity index (χ1n) is 23.5. The molecule has 310 valence electrons. The van der Waals surface area contributed by atoms with Gasteiger partial charge in [0.25, 0.3) is 0 Å². The molecule has 52 heavy (non-hydrogen) atoms. The van der Waals surface area contributed by atoms with Crippen LogP contribution in [0.4, 0.5) is 0 Å². The molecule has 0 aliphatic heterocycles. The number of amides is 1. The summed E-state index contributed by atoms with van der Waals surface area (Å²) in [5.41, 5.74) is 0. The van der Waals surface area contributed by atoms with Gasteiger partial charge < -0.3 is 20.6 Å². The molecule has 0 saturated carbocycles. The monoisotopic (exact) mass is 736 g/mol. The van der Waals surface area contributed by atoms with Crippen LogP contribution < -0.4 is 5.32 Å². The highest BCUT2D eigenvalue weighted by Crippen LogP contribution is 2.16. The Balaban J connectivity index is 3.58. The molecule has 4 N–H and O–H groups in total. The Bertz CT molecular complexity index is 728. The third-order valence-electron chi connectivity index (χ3n) is 11.1. The SMILES string of the molecule is CCCCCCCCCCCCCC/C=C\CCCCCCCCC(O)CC(=O)NC(CO)C(O)CCCCCCCCCCCCCCCCC. The van der Waals surface area contributed by atoms with E-state index in [0.29, 0.717) is 12.8 Å². The van der Waals surface area contributed by atoms with E-state index in [4.69, 9.17) is 0 Å². The van der Waals surface area contributed by atoms with Crippen molar-refractivity contribution in [3.8, 4) is 0 Å². The summed E-state index contributed by atoms with van der Waals surface area (Å²) < 4.78 is 0. The third kappa shape index (κ3) is 38.8. The largest absolute Gasteiger partial charge is 0.394 e. The van der Waals surface area contributed by atoms with Crippen LogP contribution in [0.3, 0.4) is 0 Å². The zero-order valence-electron chi connectivity index (χ0n) is 35.2. The summed E-state index contributed by atoms with van der Waals surface area (Å²) >= 11 is 0. The number of carbonyl (C=O) groups excluding carboxylic acids is 1. The highest BCUT2D eigenvalue weighted by Gasteiger charge is 2.21. The van der Waals surface area contributed by atoms with Crippen molar-refractivity contribution in [2.45, 2.75) is 276 Å². The summed E-state index contributed by atoms with van der Waals surface area (Å²) in [7, 11) is 0. The number of aliphatic hydroxyl groups is 3. The van der Waals surface area contributed by atoms with E-state index in [1.807, 2.05) is 0 Å². The molecular formula is C47H93NO4. The van der Waals surface area contributed by atoms with Gasteiger partial charge in [0.1, 0.15) is 0 Å². The molecule has 0 heterocycles. The maximum Gasteiger partial charge on any atom is 0.222 e. The lowest BCUT2D eigenvalue weighted by molar-refractivity contribution is -0.125. The maximum atomic E-state index is 12.5. The van der Waals surface area contributed by atoms with Gasteiger partial charge in [-0.2, -0.15) is 0 Å². The smallest absolute Gasteiger partial charge is 0.222 e. The summed E-state index contributed by atoms with van der Waals surface area (Å²) in [6, 6.07) is -0.657. The minimum atomic E-state index is -0.747. The summed E-state index contributed by atoms with van der Waals surface area (Å²) in [6.07, 6.45) is 50.4. The normalized spacial score (nSPS) is 13.6. The van der Waals surface area contributed by atoms with Gasteiger partial charge >= 0.3 is 0 Å². The van der Waals surface area contributed by atoms with E-state index >= 15 is 0 Å². The van der Waals surface area contributed by atoms with Crippen molar-refractivity contribution in [2.24, 2.45) is 0 Å². The summed E-state index contributed by atoms with van der Waals surface area (Å²) in [5.74, 6) is -0.283. The molecule has 0 aromatic carbocycles. The molecule has 5 heteroatoms. The molecule has 1 amide bonds. The molecule has 0 aromatic rings. The molecule has 5 nitrogen and oxygen atoms in total. The fourth-order valence-corrected chi connectivity index (χ4v) is 7.46. The zero-order valence-corrected chi connectivity index (χ0v) is 35.2. The van der Waals surface area contributed by atoms with E-state index in [1.165, 1.54) is 199 Å². The van der Waals surface area contributed by atoms with E-state index in [1.54, 1.807) is 0 Å². The molecule has 0 rings (SSSR count). The van der Waals surface area contributed by atoms with Crippen molar-refractivity contribution in [3.05, 3.63) is 12.2 Å². The lowest BCUT2D eigenvalue weighted by Crippen LogP contribution is -2.46. The standard InChI is InChI=1S/C47H93NO4/c1-3-5-7-9-11-13-15-17-19-20-21-22-23-24-25-27-28-30-32-34-36-38-40-44(50)42-47(52)48-45(43-49)46(51)41-39-37-35-33-31-29-26-18-16-14-12-10-8-6-4-2/h24-25,44-46,49-51H,3-23,26-43H2,1-2H3,(H,48,52)/b25-24-. The predicted octanol–water partition coefficient (Wildman–Crippen LogP) is 13.6. The Morgan fingerprint density at radius 3 is 1.12 bits per heavy atom. The van der Waals surface area contributed by atoms with Gasteiger partial charge in [-0.3, -0.25) is 4.79 Å². The van der Waals surface area contributed by atoms with Gasteiger partial charge in [0.05, 0.1) is 31.3 Å². The van der Waals surface area contributed by atoms with Crippen LogP contribution in [0.2, 0.25) is 0 Å². The Morgan fingerprint density at radius 1 is 0.462 bits per heavy atom. The highest BCUT2D eigenvalue weighted by molar-refractivity contribution is 5.76. The fourth-order valence-electron chi connectivity index (χ4n) is 7.46. The second-order valence-corrected chi connectivity index (χ2v) is 16.4. The van der Waals surface area contributed by atoms with E-state index in [9.17, 15) is 20.1 Å². The summed E-state index contributed by atoms with van der Waals surface area (Å²) in [6.45, 7) is 4.28. The van der Waals surface area contributed by atoms with Crippen molar-refractivity contribution in [3.63, 3.8) is 0 Å². The number of nitrogens with one attached hydrogen (secondary N) is 1. The molecule has 0 radical (unpaired) electrons. The van der Waals surface area contributed by atoms with Gasteiger partial charge in [0.15, 0.2) is 0 Å². The topological polar surface area (TPSA) is 89.8 Å². The van der Waals surface area contributed by atoms with Gasteiger partial charge in [-0.15, -0.1) is 0 Å². The Morgan fingerprint density at radius 2 is 0.769 bits per heavy atom. The van der Waals surface area contributed by atoms with Crippen LogP contribution in [-0.2, 0) is 4.79 Å². The summed E-state index contributed by atoms with van der Waals surface area (Å²) in [5, 5.41) is 33.4. The zero-order chi connectivity index (χ0) is 38.0. The molecule has 0 fully saturated rings. The van der Waals surface area contributed by atoms with Crippen LogP contribution in [0.1, 0.15) is 258 Å². The lowest BCUT2D eigenvalue weighted by atomic mass is 10.0. The lowest BCUT2D eigenvalue weighted by Gasteiger charge is -2.23. The van der Waals surface area contributed by atoms with Crippen LogP contribution >= 0.6 is 0 Å². The van der Waals surface area contributed by atoms with Crippen LogP contribution in [0, 0.1) is 0 Å². The van der Waals surface area contributed by atoms with E-state index < -0.39 is 18.2 Å². The highest BCUT2D eigenvalue weighted by atomic mass is 16.3. The quantitative estimate of drug-likeness (QED) is 0.0371. The minimum Gasteiger partial charge on any atom is -0.394 e. The first-order chi connectivity index (χ1) is 25.5. The first kappa shape index (κ1) is 51.1. The number of rotatable bonds is 43. The van der Waals surface area contributed by atoms with Crippen molar-refractivity contribution in [2.75, 3.05) is 6.61 Å². The number of carbonyl (C=O) groups is 1. The van der Waals surface area contributed by atoms with E-state index in [0.717, 1.165) is 25.7 Å². The average molecular weight is 736 g/mol. The number of allylic oxidation sites excluding steroid dienone is 2. The number of hydrogen-bond donors (Lipinski definition) is 4. The molecule has 0 aliphatic carbocycles. The third-order valence-corrected chi connectivity index (χ3v) is 11.1. The molecule has 0 saturated heterocycles. The number of aliphatic hydroxyl groups excluding tert-OH is 3. The summed E-state index contributed by atoms with van der Waals surface area (Å²) in [4.78, 5) is 12.5. The number of unbranched alkanes of at least 4 members (excludes halogenated alkanes) is 32. The van der Waals surface area contributed by atoms with Gasteiger partial charge in [-0.25, -0.2) is 0 Å². The molecule has 0 spiro atoms. The molecule has 0 bridgehead atoms. The van der Waals surface area contributed by atoms with Crippen LogP contribution in [-0.4, -0.2) is 46.1 Å². The van der Waals surface area contributed by atoms with E-state index in [-0.39, 0.29) is 18.9 Å². The van der Waals surface area contributed by atoms with Crippen molar-refractivity contribution in [1.29, 1.82) is 0 Å². The van der Waals surface area contributed by atoms with Crippen LogP contribution in [0.5, 0.6) is 0 Å². The van der Waals surface area contributed by atoms with Crippen LogP contribution in [0.15, 0.2) is 12.2 Å². The fraction of sp³-hybridized carbons (Fsp3) is 0.936. The minimum absolute atomic E-state index is 0.0355. The van der Waals surface area contributed by atoms with Crippen LogP contribution in [0.25, 0.3) is 0 Å². The second kappa shape index (κ2) is 42.8. The Kier molecular flexibility index (Phi) is 42.1. The molecule has 3 atom stereocenters. The van der Waals surface area contributed by atoms with Crippen molar-refractivity contribution in [1.82, 2.24) is 5.32 Å². The van der Waals surface area contributed by atoms with Crippen molar-refractivity contribution >= 4 is 5.91 Å². The van der Waals surface area contributed by atoms with E-state index in [2.05, 4.69) is 31.3 Å². The molecule has 3 unspecified atom stereocenters. The van der Waals surface area contributed by atoms with Gasteiger partial charge in [0.2, 0.25) is 5.91 Å². The average Bonchev–Trinajstić information content (AvgIpc) is 3.14. The van der Waals surface area contributed by atoms with Gasteiger partial charge in [0, 0.05) is 0 Å². The van der Waals surface area contributed by atoms with Gasteiger partial charge in [-0.05, 0) is 38.5 Å². The Hall–Kier alpha value is -0.910.